The van der Waals surface area contributed by atoms with Crippen LogP contribution in [0.2, 0.25) is 5.02 Å². The molecule has 0 saturated carbocycles. The van der Waals surface area contributed by atoms with Crippen LogP contribution in [0.3, 0.4) is 0 Å². The maximum Gasteiger partial charge on any atom is 0.230 e. The highest BCUT2D eigenvalue weighted by Crippen LogP contribution is 2.24. The van der Waals surface area contributed by atoms with Crippen LogP contribution in [0, 0.1) is 0 Å². The number of nitrogens with one attached hydrogen (secondary N) is 1. The van der Waals surface area contributed by atoms with Crippen LogP contribution in [0.5, 0.6) is 0 Å². The molecular formula is C18H20ClNO2. The third kappa shape index (κ3) is 3.67. The molecule has 116 valence electrons. The Balaban J connectivity index is 2.02. The summed E-state index contributed by atoms with van der Waals surface area (Å²) >= 11 is 6.05. The lowest BCUT2D eigenvalue weighted by molar-refractivity contribution is -0.126. The van der Waals surface area contributed by atoms with Crippen LogP contribution < -0.4 is 5.32 Å². The second-order valence-corrected chi connectivity index (χ2v) is 6.15. The smallest absolute Gasteiger partial charge is 0.230 e. The first kappa shape index (κ1) is 16.5. The number of halogens is 1. The maximum atomic E-state index is 12.4. The monoisotopic (exact) mass is 317 g/mol. The van der Waals surface area contributed by atoms with Crippen LogP contribution in [-0.4, -0.2) is 17.6 Å². The van der Waals surface area contributed by atoms with Crippen molar-refractivity contribution in [3.8, 4) is 0 Å². The fraction of sp³-hybridized carbons (Fsp3) is 0.278. The second kappa shape index (κ2) is 6.95. The maximum absolute atomic E-state index is 12.4. The third-order valence-corrected chi connectivity index (χ3v) is 4.13. The van der Waals surface area contributed by atoms with Crippen molar-refractivity contribution in [2.75, 3.05) is 6.54 Å². The molecule has 0 radical (unpaired) electrons. The predicted octanol–water partition coefficient (Wildman–Crippen LogP) is 3.47. The zero-order chi connectivity index (χ0) is 16.2. The highest BCUT2D eigenvalue weighted by molar-refractivity contribution is 6.31. The molecule has 0 aromatic heterocycles. The van der Waals surface area contributed by atoms with E-state index in [2.05, 4.69) is 5.32 Å². The average Bonchev–Trinajstić information content (AvgIpc) is 2.53. The minimum absolute atomic E-state index is 0.124. The Kier molecular flexibility index (Phi) is 5.22. The minimum atomic E-state index is -0.829. The molecule has 0 heterocycles. The minimum Gasteiger partial charge on any atom is -0.387 e. The number of hydrogen-bond donors (Lipinski definition) is 2. The van der Waals surface area contributed by atoms with Crippen molar-refractivity contribution in [3.63, 3.8) is 0 Å². The van der Waals surface area contributed by atoms with Gasteiger partial charge < -0.3 is 10.4 Å². The summed E-state index contributed by atoms with van der Waals surface area (Å²) in [5.41, 5.74) is 0.878. The molecule has 22 heavy (non-hydrogen) atoms. The zero-order valence-corrected chi connectivity index (χ0v) is 13.5. The van der Waals surface area contributed by atoms with Crippen molar-refractivity contribution < 1.29 is 9.90 Å². The van der Waals surface area contributed by atoms with E-state index in [0.29, 0.717) is 10.6 Å². The Labute approximate surface area is 135 Å². The van der Waals surface area contributed by atoms with Crippen molar-refractivity contribution in [2.45, 2.75) is 25.4 Å². The molecule has 0 aliphatic heterocycles. The molecule has 1 amide bonds. The van der Waals surface area contributed by atoms with Gasteiger partial charge in [-0.3, -0.25) is 4.79 Å². The van der Waals surface area contributed by atoms with Crippen LogP contribution in [0.25, 0.3) is 0 Å². The Morgan fingerprint density at radius 2 is 1.73 bits per heavy atom. The lowest BCUT2D eigenvalue weighted by Gasteiger charge is -2.25. The molecule has 0 spiro atoms. The van der Waals surface area contributed by atoms with Crippen LogP contribution in [0.1, 0.15) is 31.1 Å². The number of hydrogen-bond acceptors (Lipinski definition) is 2. The summed E-state index contributed by atoms with van der Waals surface area (Å²) < 4.78 is 0. The van der Waals surface area contributed by atoms with Crippen molar-refractivity contribution in [1.29, 1.82) is 0 Å². The largest absolute Gasteiger partial charge is 0.387 e. The topological polar surface area (TPSA) is 49.3 Å². The lowest BCUT2D eigenvalue weighted by Crippen LogP contribution is -2.41. The van der Waals surface area contributed by atoms with Crippen LogP contribution in [-0.2, 0) is 10.2 Å². The number of benzene rings is 2. The fourth-order valence-corrected chi connectivity index (χ4v) is 2.51. The van der Waals surface area contributed by atoms with E-state index in [9.17, 15) is 9.90 Å². The van der Waals surface area contributed by atoms with Crippen LogP contribution >= 0.6 is 11.6 Å². The summed E-state index contributed by atoms with van der Waals surface area (Å²) in [5.74, 6) is -0.134. The summed E-state index contributed by atoms with van der Waals surface area (Å²) in [6.07, 6.45) is -0.829. The van der Waals surface area contributed by atoms with Crippen LogP contribution in [0.15, 0.2) is 54.6 Å². The van der Waals surface area contributed by atoms with Crippen molar-refractivity contribution in [2.24, 2.45) is 0 Å². The van der Waals surface area contributed by atoms with E-state index < -0.39 is 11.5 Å². The summed E-state index contributed by atoms with van der Waals surface area (Å²) in [4.78, 5) is 12.4. The van der Waals surface area contributed by atoms with Gasteiger partial charge in [-0.15, -0.1) is 0 Å². The number of carbonyl (C=O) groups is 1. The SMILES string of the molecule is CC(C)(C(=O)NCC(O)c1ccccc1Cl)c1ccccc1. The second-order valence-electron chi connectivity index (χ2n) is 5.74. The summed E-state index contributed by atoms with van der Waals surface area (Å²) in [6, 6.07) is 16.6. The van der Waals surface area contributed by atoms with Gasteiger partial charge in [0.1, 0.15) is 0 Å². The number of aliphatic hydroxyl groups is 1. The number of rotatable bonds is 5. The van der Waals surface area contributed by atoms with E-state index in [1.165, 1.54) is 0 Å². The van der Waals surface area contributed by atoms with Gasteiger partial charge in [0.2, 0.25) is 5.91 Å². The molecule has 4 heteroatoms. The molecule has 2 rings (SSSR count). The normalized spacial score (nSPS) is 12.7. The van der Waals surface area contributed by atoms with Crippen molar-refractivity contribution in [3.05, 3.63) is 70.7 Å². The van der Waals surface area contributed by atoms with E-state index in [-0.39, 0.29) is 12.5 Å². The molecule has 1 unspecified atom stereocenters. The molecule has 0 aliphatic rings. The standard InChI is InChI=1S/C18H20ClNO2/c1-18(2,13-8-4-3-5-9-13)17(22)20-12-16(21)14-10-6-7-11-15(14)19/h3-11,16,21H,12H2,1-2H3,(H,20,22). The molecule has 0 fully saturated rings. The van der Waals surface area contributed by atoms with E-state index in [4.69, 9.17) is 11.6 Å². The highest BCUT2D eigenvalue weighted by Gasteiger charge is 2.29. The summed E-state index contributed by atoms with van der Waals surface area (Å²) in [5, 5.41) is 13.5. The van der Waals surface area contributed by atoms with E-state index in [0.717, 1.165) is 5.56 Å². The Bertz CT molecular complexity index is 641. The molecule has 2 aromatic rings. The molecular weight excluding hydrogens is 298 g/mol. The van der Waals surface area contributed by atoms with Crippen LogP contribution in [0.4, 0.5) is 0 Å². The molecule has 0 aliphatic carbocycles. The van der Waals surface area contributed by atoms with Crippen molar-refractivity contribution >= 4 is 17.5 Å². The third-order valence-electron chi connectivity index (χ3n) is 3.78. The number of aliphatic hydroxyl groups excluding tert-OH is 1. The van der Waals surface area contributed by atoms with Gasteiger partial charge in [0.25, 0.3) is 0 Å². The van der Waals surface area contributed by atoms with Gasteiger partial charge in [-0.2, -0.15) is 0 Å². The van der Waals surface area contributed by atoms with Gasteiger partial charge >= 0.3 is 0 Å². The van der Waals surface area contributed by atoms with Gasteiger partial charge in [0.15, 0.2) is 0 Å². The average molecular weight is 318 g/mol. The van der Waals surface area contributed by atoms with Gasteiger partial charge in [0, 0.05) is 17.1 Å². The van der Waals surface area contributed by atoms with Gasteiger partial charge in [0.05, 0.1) is 11.5 Å². The molecule has 0 saturated heterocycles. The molecule has 2 aromatic carbocycles. The first-order chi connectivity index (χ1) is 10.4. The Hall–Kier alpha value is -1.84. The molecule has 3 nitrogen and oxygen atoms in total. The Morgan fingerprint density at radius 1 is 1.14 bits per heavy atom. The first-order valence-corrected chi connectivity index (χ1v) is 7.57. The number of amides is 1. The lowest BCUT2D eigenvalue weighted by atomic mass is 9.83. The zero-order valence-electron chi connectivity index (χ0n) is 12.7. The predicted molar refractivity (Wildman–Crippen MR) is 88.9 cm³/mol. The van der Waals surface area contributed by atoms with Crippen molar-refractivity contribution in [1.82, 2.24) is 5.32 Å². The van der Waals surface area contributed by atoms with Gasteiger partial charge in [-0.25, -0.2) is 0 Å². The molecule has 1 atom stereocenters. The molecule has 0 bridgehead atoms. The summed E-state index contributed by atoms with van der Waals surface area (Å²) in [7, 11) is 0. The van der Waals surface area contributed by atoms with Gasteiger partial charge in [-0.05, 0) is 25.5 Å². The van der Waals surface area contributed by atoms with E-state index in [1.54, 1.807) is 24.3 Å². The fourth-order valence-electron chi connectivity index (χ4n) is 2.25. The van der Waals surface area contributed by atoms with Gasteiger partial charge in [-0.1, -0.05) is 60.1 Å². The number of carbonyl (C=O) groups excluding carboxylic acids is 1. The quantitative estimate of drug-likeness (QED) is 0.887. The van der Waals surface area contributed by atoms with E-state index in [1.807, 2.05) is 44.2 Å². The highest BCUT2D eigenvalue weighted by atomic mass is 35.5. The summed E-state index contributed by atoms with van der Waals surface area (Å²) in [6.45, 7) is 3.85. The molecule has 2 N–H and O–H groups in total. The first-order valence-electron chi connectivity index (χ1n) is 7.19. The Morgan fingerprint density at radius 3 is 2.36 bits per heavy atom. The van der Waals surface area contributed by atoms with E-state index >= 15 is 0 Å².